The number of ether oxygens (including phenoxy) is 1. The van der Waals surface area contributed by atoms with Crippen LogP contribution >= 0.6 is 34.5 Å². The van der Waals surface area contributed by atoms with Gasteiger partial charge in [-0.05, 0) is 31.5 Å². The number of rotatable bonds is 3. The highest BCUT2D eigenvalue weighted by Gasteiger charge is 2.23. The molecular formula is C14H13Cl2NO2S. The molecule has 3 nitrogen and oxygen atoms in total. The van der Waals surface area contributed by atoms with Gasteiger partial charge in [-0.2, -0.15) is 0 Å². The van der Waals surface area contributed by atoms with Crippen LogP contribution in [0.5, 0.6) is 0 Å². The largest absolute Gasteiger partial charge is 0.462 e. The van der Waals surface area contributed by atoms with Crippen LogP contribution in [0.1, 0.15) is 22.2 Å². The van der Waals surface area contributed by atoms with E-state index in [2.05, 4.69) is 0 Å². The van der Waals surface area contributed by atoms with Crippen LogP contribution in [0.25, 0.3) is 11.1 Å². The van der Waals surface area contributed by atoms with Crippen molar-refractivity contribution in [1.29, 1.82) is 0 Å². The second-order valence-electron chi connectivity index (χ2n) is 4.12. The Morgan fingerprint density at radius 2 is 2.05 bits per heavy atom. The van der Waals surface area contributed by atoms with Crippen molar-refractivity contribution >= 4 is 45.5 Å². The van der Waals surface area contributed by atoms with Crippen LogP contribution < -0.4 is 5.73 Å². The number of nitrogen functional groups attached to an aromatic ring is 1. The van der Waals surface area contributed by atoms with Gasteiger partial charge in [0.2, 0.25) is 0 Å². The average Bonchev–Trinajstić information content (AvgIpc) is 2.68. The smallest absolute Gasteiger partial charge is 0.341 e. The van der Waals surface area contributed by atoms with Gasteiger partial charge < -0.3 is 10.5 Å². The highest BCUT2D eigenvalue weighted by molar-refractivity contribution is 7.16. The van der Waals surface area contributed by atoms with Gasteiger partial charge in [0.1, 0.15) is 10.6 Å². The van der Waals surface area contributed by atoms with E-state index in [1.54, 1.807) is 19.1 Å². The zero-order chi connectivity index (χ0) is 14.9. The molecule has 20 heavy (non-hydrogen) atoms. The fraction of sp³-hybridized carbons (Fsp3) is 0.214. The summed E-state index contributed by atoms with van der Waals surface area (Å²) in [6.07, 6.45) is 0. The number of carbonyl (C=O) groups excluding carboxylic acids is 1. The van der Waals surface area contributed by atoms with Gasteiger partial charge in [0.15, 0.2) is 0 Å². The van der Waals surface area contributed by atoms with Crippen LogP contribution in [-0.2, 0) is 4.74 Å². The van der Waals surface area contributed by atoms with Crippen LogP contribution in [0.2, 0.25) is 10.0 Å². The Morgan fingerprint density at radius 1 is 1.35 bits per heavy atom. The van der Waals surface area contributed by atoms with Crippen molar-refractivity contribution in [2.75, 3.05) is 12.3 Å². The minimum atomic E-state index is -0.421. The minimum Gasteiger partial charge on any atom is -0.462 e. The first-order valence-corrected chi connectivity index (χ1v) is 7.54. The summed E-state index contributed by atoms with van der Waals surface area (Å²) in [5, 5.41) is 1.35. The molecule has 0 saturated carbocycles. The molecule has 1 aromatic carbocycles. The lowest BCUT2D eigenvalue weighted by Gasteiger charge is -2.07. The number of carbonyl (C=O) groups is 1. The van der Waals surface area contributed by atoms with Gasteiger partial charge in [0.05, 0.1) is 16.7 Å². The van der Waals surface area contributed by atoms with E-state index < -0.39 is 5.97 Å². The second-order valence-corrected chi connectivity index (χ2v) is 6.19. The van der Waals surface area contributed by atoms with Crippen LogP contribution in [0, 0.1) is 6.92 Å². The quantitative estimate of drug-likeness (QED) is 0.823. The second kappa shape index (κ2) is 6.04. The maximum atomic E-state index is 12.1. The Hall–Kier alpha value is -1.23. The lowest BCUT2D eigenvalue weighted by molar-refractivity contribution is 0.0529. The predicted octanol–water partition coefficient (Wildman–Crippen LogP) is 4.79. The van der Waals surface area contributed by atoms with E-state index in [-0.39, 0.29) is 0 Å². The molecule has 2 aromatic rings. The van der Waals surface area contributed by atoms with E-state index in [1.807, 2.05) is 13.0 Å². The van der Waals surface area contributed by atoms with Gasteiger partial charge in [-0.1, -0.05) is 29.3 Å². The summed E-state index contributed by atoms with van der Waals surface area (Å²) in [5.74, 6) is -0.421. The maximum Gasteiger partial charge on any atom is 0.341 e. The van der Waals surface area contributed by atoms with E-state index in [0.717, 1.165) is 16.0 Å². The highest BCUT2D eigenvalue weighted by atomic mass is 35.5. The zero-order valence-corrected chi connectivity index (χ0v) is 13.3. The Balaban J connectivity index is 2.61. The maximum absolute atomic E-state index is 12.1. The van der Waals surface area contributed by atoms with Crippen LogP contribution in [0.15, 0.2) is 18.2 Å². The van der Waals surface area contributed by atoms with Crippen molar-refractivity contribution in [3.05, 3.63) is 38.7 Å². The SMILES string of the molecule is CCOC(=O)c1c(N)sc(C)c1-c1ccc(Cl)c(Cl)c1. The molecule has 0 amide bonds. The summed E-state index contributed by atoms with van der Waals surface area (Å²) in [6, 6.07) is 5.23. The van der Waals surface area contributed by atoms with Crippen molar-refractivity contribution < 1.29 is 9.53 Å². The fourth-order valence-corrected chi connectivity index (χ4v) is 3.21. The molecule has 2 rings (SSSR count). The summed E-state index contributed by atoms with van der Waals surface area (Å²) in [4.78, 5) is 13.0. The van der Waals surface area contributed by atoms with E-state index in [9.17, 15) is 4.79 Å². The van der Waals surface area contributed by atoms with E-state index in [4.69, 9.17) is 33.7 Å². The first-order valence-electron chi connectivity index (χ1n) is 5.97. The third-order valence-corrected chi connectivity index (χ3v) is 4.47. The normalized spacial score (nSPS) is 10.6. The molecular weight excluding hydrogens is 317 g/mol. The van der Waals surface area contributed by atoms with Crippen LogP contribution in [0.4, 0.5) is 5.00 Å². The number of aryl methyl sites for hydroxylation is 1. The lowest BCUT2D eigenvalue weighted by atomic mass is 10.0. The molecule has 6 heteroatoms. The van der Waals surface area contributed by atoms with Gasteiger partial charge in [-0.15, -0.1) is 11.3 Å². The number of hydrogen-bond donors (Lipinski definition) is 1. The van der Waals surface area contributed by atoms with E-state index in [1.165, 1.54) is 11.3 Å². The Kier molecular flexibility index (Phi) is 4.58. The van der Waals surface area contributed by atoms with E-state index in [0.29, 0.717) is 27.2 Å². The Bertz CT molecular complexity index is 667. The number of benzene rings is 1. The highest BCUT2D eigenvalue weighted by Crippen LogP contribution is 2.40. The molecule has 1 aromatic heterocycles. The molecule has 0 fully saturated rings. The number of thiophene rings is 1. The van der Waals surface area contributed by atoms with Crippen LogP contribution in [0.3, 0.4) is 0 Å². The molecule has 0 atom stereocenters. The molecule has 0 aliphatic carbocycles. The summed E-state index contributed by atoms with van der Waals surface area (Å²) < 4.78 is 5.07. The number of hydrogen-bond acceptors (Lipinski definition) is 4. The number of esters is 1. The van der Waals surface area contributed by atoms with Crippen molar-refractivity contribution in [2.45, 2.75) is 13.8 Å². The molecule has 0 radical (unpaired) electrons. The summed E-state index contributed by atoms with van der Waals surface area (Å²) in [6.45, 7) is 3.96. The zero-order valence-electron chi connectivity index (χ0n) is 11.0. The molecule has 2 N–H and O–H groups in total. The minimum absolute atomic E-state index is 0.300. The summed E-state index contributed by atoms with van der Waals surface area (Å²) >= 11 is 13.3. The number of halogens is 2. The molecule has 106 valence electrons. The van der Waals surface area contributed by atoms with Gasteiger partial charge in [0.25, 0.3) is 0 Å². The molecule has 0 aliphatic rings. The van der Waals surface area contributed by atoms with E-state index >= 15 is 0 Å². The number of anilines is 1. The molecule has 0 spiro atoms. The van der Waals surface area contributed by atoms with Gasteiger partial charge in [-0.3, -0.25) is 0 Å². The van der Waals surface area contributed by atoms with Crippen molar-refractivity contribution in [3.8, 4) is 11.1 Å². The van der Waals surface area contributed by atoms with Crippen molar-refractivity contribution in [1.82, 2.24) is 0 Å². The first kappa shape index (κ1) is 15.2. The predicted molar refractivity (Wildman–Crippen MR) is 84.9 cm³/mol. The van der Waals surface area contributed by atoms with Gasteiger partial charge in [0, 0.05) is 10.4 Å². The summed E-state index contributed by atoms with van der Waals surface area (Å²) in [5.41, 5.74) is 7.89. The van der Waals surface area contributed by atoms with Crippen molar-refractivity contribution in [3.63, 3.8) is 0 Å². The molecule has 0 saturated heterocycles. The average molecular weight is 330 g/mol. The molecule has 0 aliphatic heterocycles. The monoisotopic (exact) mass is 329 g/mol. The lowest BCUT2D eigenvalue weighted by Crippen LogP contribution is -2.07. The topological polar surface area (TPSA) is 52.3 Å². The third-order valence-electron chi connectivity index (χ3n) is 2.80. The summed E-state index contributed by atoms with van der Waals surface area (Å²) in [7, 11) is 0. The van der Waals surface area contributed by atoms with Gasteiger partial charge >= 0.3 is 5.97 Å². The third kappa shape index (κ3) is 2.77. The molecule has 1 heterocycles. The standard InChI is InChI=1S/C14H13Cl2NO2S/c1-3-19-14(18)12-11(7(2)20-13(12)17)8-4-5-9(15)10(16)6-8/h4-6H,3,17H2,1-2H3. The Labute approximate surface area is 131 Å². The molecule has 0 unspecified atom stereocenters. The number of nitrogens with two attached hydrogens (primary N) is 1. The van der Waals surface area contributed by atoms with Crippen LogP contribution in [-0.4, -0.2) is 12.6 Å². The van der Waals surface area contributed by atoms with Gasteiger partial charge in [-0.25, -0.2) is 4.79 Å². The molecule has 0 bridgehead atoms. The van der Waals surface area contributed by atoms with Crippen molar-refractivity contribution in [2.24, 2.45) is 0 Å². The first-order chi connectivity index (χ1) is 9.45. The Morgan fingerprint density at radius 3 is 2.65 bits per heavy atom. The fourth-order valence-electron chi connectivity index (χ4n) is 1.97.